The third-order valence-electron chi connectivity index (χ3n) is 3.05. The first-order valence-electron chi connectivity index (χ1n) is 5.75. The fraction of sp³-hybridized carbons (Fsp3) is 0.286. The van der Waals surface area contributed by atoms with Crippen molar-refractivity contribution in [1.82, 2.24) is 5.32 Å². The Morgan fingerprint density at radius 2 is 2.17 bits per heavy atom. The molecule has 0 saturated carbocycles. The Labute approximate surface area is 119 Å². The van der Waals surface area contributed by atoms with Crippen molar-refractivity contribution >= 4 is 27.3 Å². The van der Waals surface area contributed by atoms with Gasteiger partial charge in [0.1, 0.15) is 5.82 Å². The SMILES string of the molecule is CNC(Cc1cc(Br)ccc1F)c1cscc1C. The summed E-state index contributed by atoms with van der Waals surface area (Å²) in [5.41, 5.74) is 3.24. The van der Waals surface area contributed by atoms with Crippen LogP contribution >= 0.6 is 27.3 Å². The molecule has 2 rings (SSSR count). The lowest BCUT2D eigenvalue weighted by molar-refractivity contribution is 0.553. The molecule has 0 aliphatic heterocycles. The number of nitrogens with one attached hydrogen (secondary N) is 1. The summed E-state index contributed by atoms with van der Waals surface area (Å²) in [6.07, 6.45) is 0.652. The predicted octanol–water partition coefficient (Wildman–Crippen LogP) is 4.46. The highest BCUT2D eigenvalue weighted by atomic mass is 79.9. The Kier molecular flexibility index (Phi) is 4.54. The Bertz CT molecular complexity index is 538. The molecule has 1 aromatic carbocycles. The van der Waals surface area contributed by atoms with Crippen molar-refractivity contribution in [2.24, 2.45) is 0 Å². The van der Waals surface area contributed by atoms with Crippen molar-refractivity contribution in [3.63, 3.8) is 0 Å². The molecule has 2 aromatic rings. The molecule has 18 heavy (non-hydrogen) atoms. The number of hydrogen-bond acceptors (Lipinski definition) is 2. The van der Waals surface area contributed by atoms with E-state index in [1.54, 1.807) is 17.4 Å². The van der Waals surface area contributed by atoms with Crippen molar-refractivity contribution in [3.8, 4) is 0 Å². The van der Waals surface area contributed by atoms with Crippen LogP contribution < -0.4 is 5.32 Å². The van der Waals surface area contributed by atoms with Crippen LogP contribution in [0.4, 0.5) is 4.39 Å². The first-order valence-corrected chi connectivity index (χ1v) is 7.49. The molecule has 0 aliphatic carbocycles. The molecule has 1 heterocycles. The number of likely N-dealkylation sites (N-methyl/N-ethyl adjacent to an activating group) is 1. The molecule has 96 valence electrons. The maximum absolute atomic E-state index is 13.8. The quantitative estimate of drug-likeness (QED) is 0.874. The van der Waals surface area contributed by atoms with Crippen LogP contribution in [0.2, 0.25) is 0 Å². The number of halogens is 2. The van der Waals surface area contributed by atoms with E-state index in [0.717, 1.165) is 10.0 Å². The van der Waals surface area contributed by atoms with Gasteiger partial charge in [0.2, 0.25) is 0 Å². The Hall–Kier alpha value is -0.710. The van der Waals surface area contributed by atoms with Gasteiger partial charge >= 0.3 is 0 Å². The fourth-order valence-electron chi connectivity index (χ4n) is 2.01. The van der Waals surface area contributed by atoms with Crippen LogP contribution in [0, 0.1) is 12.7 Å². The normalized spacial score (nSPS) is 12.7. The van der Waals surface area contributed by atoms with E-state index < -0.39 is 0 Å². The maximum atomic E-state index is 13.8. The highest BCUT2D eigenvalue weighted by molar-refractivity contribution is 9.10. The van der Waals surface area contributed by atoms with Gasteiger partial charge < -0.3 is 5.32 Å². The standard InChI is InChI=1S/C14H15BrFNS/c1-9-7-18-8-12(9)14(17-2)6-10-5-11(15)3-4-13(10)16/h3-5,7-8,14,17H,6H2,1-2H3. The molecular formula is C14H15BrFNS. The van der Waals surface area contributed by atoms with Crippen molar-refractivity contribution in [3.05, 3.63) is 55.9 Å². The molecule has 1 atom stereocenters. The van der Waals surface area contributed by atoms with Gasteiger partial charge in [-0.2, -0.15) is 11.3 Å². The summed E-state index contributed by atoms with van der Waals surface area (Å²) >= 11 is 5.07. The summed E-state index contributed by atoms with van der Waals surface area (Å²) in [7, 11) is 1.91. The van der Waals surface area contributed by atoms with Gasteiger partial charge in [-0.1, -0.05) is 15.9 Å². The minimum absolute atomic E-state index is 0.147. The van der Waals surface area contributed by atoms with Crippen LogP contribution in [0.3, 0.4) is 0 Å². The molecule has 0 fully saturated rings. The molecular weight excluding hydrogens is 313 g/mol. The van der Waals surface area contributed by atoms with Gasteiger partial charge in [-0.25, -0.2) is 4.39 Å². The van der Waals surface area contributed by atoms with E-state index in [2.05, 4.69) is 38.9 Å². The molecule has 4 heteroatoms. The number of thiophene rings is 1. The third kappa shape index (κ3) is 2.99. The first kappa shape index (κ1) is 13.7. The minimum Gasteiger partial charge on any atom is -0.313 e. The Balaban J connectivity index is 2.26. The van der Waals surface area contributed by atoms with Gasteiger partial charge in [0.15, 0.2) is 0 Å². The molecule has 0 bridgehead atoms. The Morgan fingerprint density at radius 1 is 1.39 bits per heavy atom. The third-order valence-corrected chi connectivity index (χ3v) is 4.42. The second-order valence-electron chi connectivity index (χ2n) is 4.29. The number of aryl methyl sites for hydroxylation is 1. The maximum Gasteiger partial charge on any atom is 0.126 e. The Morgan fingerprint density at radius 3 is 2.78 bits per heavy atom. The number of benzene rings is 1. The zero-order valence-corrected chi connectivity index (χ0v) is 12.7. The van der Waals surface area contributed by atoms with E-state index in [1.807, 2.05) is 13.1 Å². The van der Waals surface area contributed by atoms with Crippen LogP contribution in [-0.2, 0) is 6.42 Å². The van der Waals surface area contributed by atoms with E-state index in [-0.39, 0.29) is 11.9 Å². The number of hydrogen-bond donors (Lipinski definition) is 1. The zero-order chi connectivity index (χ0) is 13.1. The van der Waals surface area contributed by atoms with Crippen LogP contribution in [-0.4, -0.2) is 7.05 Å². The van der Waals surface area contributed by atoms with E-state index in [4.69, 9.17) is 0 Å². The minimum atomic E-state index is -0.147. The molecule has 0 saturated heterocycles. The van der Waals surface area contributed by atoms with Crippen molar-refractivity contribution in [2.45, 2.75) is 19.4 Å². The van der Waals surface area contributed by atoms with E-state index in [9.17, 15) is 4.39 Å². The molecule has 1 N–H and O–H groups in total. The molecule has 1 aromatic heterocycles. The second-order valence-corrected chi connectivity index (χ2v) is 5.95. The van der Waals surface area contributed by atoms with E-state index >= 15 is 0 Å². The van der Waals surface area contributed by atoms with Gasteiger partial charge in [0, 0.05) is 10.5 Å². The number of rotatable bonds is 4. The summed E-state index contributed by atoms with van der Waals surface area (Å²) in [6.45, 7) is 2.09. The lowest BCUT2D eigenvalue weighted by Crippen LogP contribution is -2.19. The van der Waals surface area contributed by atoms with Gasteiger partial charge in [0.25, 0.3) is 0 Å². The van der Waals surface area contributed by atoms with Crippen molar-refractivity contribution < 1.29 is 4.39 Å². The summed E-state index contributed by atoms with van der Waals surface area (Å²) in [4.78, 5) is 0. The van der Waals surface area contributed by atoms with Crippen LogP contribution in [0.5, 0.6) is 0 Å². The summed E-state index contributed by atoms with van der Waals surface area (Å²) in [5, 5.41) is 7.52. The smallest absolute Gasteiger partial charge is 0.126 e. The summed E-state index contributed by atoms with van der Waals surface area (Å²) in [6, 6.07) is 5.23. The monoisotopic (exact) mass is 327 g/mol. The molecule has 1 unspecified atom stereocenters. The average molecular weight is 328 g/mol. The summed E-state index contributed by atoms with van der Waals surface area (Å²) in [5.74, 6) is -0.147. The van der Waals surface area contributed by atoms with E-state index in [1.165, 1.54) is 17.2 Å². The molecule has 1 nitrogen and oxygen atoms in total. The predicted molar refractivity (Wildman–Crippen MR) is 78.7 cm³/mol. The topological polar surface area (TPSA) is 12.0 Å². The highest BCUT2D eigenvalue weighted by Crippen LogP contribution is 2.26. The highest BCUT2D eigenvalue weighted by Gasteiger charge is 2.15. The van der Waals surface area contributed by atoms with Gasteiger partial charge in [-0.15, -0.1) is 0 Å². The zero-order valence-electron chi connectivity index (χ0n) is 10.3. The molecule has 0 aliphatic rings. The van der Waals surface area contributed by atoms with Crippen LogP contribution in [0.25, 0.3) is 0 Å². The van der Waals surface area contributed by atoms with Gasteiger partial charge in [0.05, 0.1) is 0 Å². The van der Waals surface area contributed by atoms with Crippen LogP contribution in [0.15, 0.2) is 33.4 Å². The van der Waals surface area contributed by atoms with Crippen molar-refractivity contribution in [2.75, 3.05) is 7.05 Å². The van der Waals surface area contributed by atoms with Crippen molar-refractivity contribution in [1.29, 1.82) is 0 Å². The van der Waals surface area contributed by atoms with Gasteiger partial charge in [-0.3, -0.25) is 0 Å². The second kappa shape index (κ2) is 5.95. The summed E-state index contributed by atoms with van der Waals surface area (Å²) < 4.78 is 14.7. The fourth-order valence-corrected chi connectivity index (χ4v) is 3.33. The molecule has 0 spiro atoms. The van der Waals surface area contributed by atoms with Crippen LogP contribution in [0.1, 0.15) is 22.7 Å². The lowest BCUT2D eigenvalue weighted by atomic mass is 9.98. The average Bonchev–Trinajstić information content (AvgIpc) is 2.77. The lowest BCUT2D eigenvalue weighted by Gasteiger charge is -2.17. The molecule has 0 amide bonds. The van der Waals surface area contributed by atoms with E-state index in [0.29, 0.717) is 6.42 Å². The largest absolute Gasteiger partial charge is 0.313 e. The first-order chi connectivity index (χ1) is 8.61. The van der Waals surface area contributed by atoms with Gasteiger partial charge in [-0.05, 0) is 66.0 Å². The molecule has 0 radical (unpaired) electrons.